The van der Waals surface area contributed by atoms with Gasteiger partial charge in [-0.15, -0.1) is 0 Å². The number of hydrogen-bond donors (Lipinski definition) is 4. The van der Waals surface area contributed by atoms with Crippen LogP contribution in [-0.4, -0.2) is 66.6 Å². The number of hydrogen-bond acceptors (Lipinski definition) is 6. The molecule has 0 saturated carbocycles. The molecule has 4 atom stereocenters. The van der Waals surface area contributed by atoms with Gasteiger partial charge in [-0.2, -0.15) is 5.26 Å². The van der Waals surface area contributed by atoms with Crippen molar-refractivity contribution in [3.63, 3.8) is 0 Å². The first-order valence-electron chi connectivity index (χ1n) is 12.1. The summed E-state index contributed by atoms with van der Waals surface area (Å²) >= 11 is 0. The molecule has 196 valence electrons. The highest BCUT2D eigenvalue weighted by Gasteiger charge is 2.35. The number of nitrogens with zero attached hydrogens (tertiary/aromatic N) is 2. The van der Waals surface area contributed by atoms with E-state index in [1.807, 2.05) is 33.8 Å². The largest absolute Gasteiger partial charge is 0.391 e. The summed E-state index contributed by atoms with van der Waals surface area (Å²) in [7, 11) is 1.77. The first-order valence-corrected chi connectivity index (χ1v) is 12.1. The normalized spacial score (nSPS) is 18.5. The standard InChI is InChI=1S/C15H17N3O3.C9H20N2O.C2H6/c1-10(12-4-2-11(7-16)3-5-12)17-15(21)14-6-13(20)8-18(14)9-19;1-7(9(2,3)4)11-8(12)6-10-5;1-2/h2-5,9-10,13-14,20H,6,8H2,1H3,(H,17,21);7,10H,6H2,1-5H3,(H,11,12);1-2H3. The van der Waals surface area contributed by atoms with Gasteiger partial charge in [0.2, 0.25) is 18.2 Å². The molecule has 2 rings (SSSR count). The SMILES string of the molecule is CC.CC(NC(=O)C1CC(O)CN1C=O)c1ccc(C#N)cc1.CNCC(=O)NC(C)C(C)(C)C. The van der Waals surface area contributed by atoms with E-state index in [9.17, 15) is 19.5 Å². The summed E-state index contributed by atoms with van der Waals surface area (Å²) in [4.78, 5) is 35.5. The van der Waals surface area contributed by atoms with Gasteiger partial charge >= 0.3 is 0 Å². The minimum Gasteiger partial charge on any atom is -0.391 e. The number of β-amino-alcohol motifs (C(OH)–C–C–N with tert-alkyl or cyclic N) is 1. The van der Waals surface area contributed by atoms with Crippen LogP contribution in [0.25, 0.3) is 0 Å². The Hall–Kier alpha value is -2.96. The minimum absolute atomic E-state index is 0.0555. The van der Waals surface area contributed by atoms with Crippen molar-refractivity contribution in [3.05, 3.63) is 35.4 Å². The fraction of sp³-hybridized carbons (Fsp3) is 0.615. The van der Waals surface area contributed by atoms with Crippen molar-refractivity contribution in [2.24, 2.45) is 5.41 Å². The first kappa shape index (κ1) is 32.0. The molecule has 0 bridgehead atoms. The molecular weight excluding hydrogens is 446 g/mol. The van der Waals surface area contributed by atoms with Crippen molar-refractivity contribution in [2.45, 2.75) is 79.1 Å². The average Bonchev–Trinajstić information content (AvgIpc) is 3.21. The molecule has 0 aliphatic carbocycles. The van der Waals surface area contributed by atoms with Crippen LogP contribution in [-0.2, 0) is 14.4 Å². The Kier molecular flexibility index (Phi) is 14.5. The Bertz CT molecular complexity index is 830. The van der Waals surface area contributed by atoms with Gasteiger partial charge in [0.25, 0.3) is 0 Å². The number of carbonyl (C=O) groups is 3. The summed E-state index contributed by atoms with van der Waals surface area (Å²) in [5.74, 6) is -0.226. The van der Waals surface area contributed by atoms with Crippen LogP contribution in [0, 0.1) is 16.7 Å². The van der Waals surface area contributed by atoms with E-state index in [2.05, 4.69) is 36.7 Å². The molecule has 0 aromatic heterocycles. The molecule has 1 saturated heterocycles. The van der Waals surface area contributed by atoms with Crippen molar-refractivity contribution in [3.8, 4) is 6.07 Å². The monoisotopic (exact) mass is 489 g/mol. The van der Waals surface area contributed by atoms with Crippen molar-refractivity contribution < 1.29 is 19.5 Å². The smallest absolute Gasteiger partial charge is 0.243 e. The van der Waals surface area contributed by atoms with Gasteiger partial charge in [0, 0.05) is 19.0 Å². The lowest BCUT2D eigenvalue weighted by molar-refractivity contribution is -0.131. The molecule has 1 aliphatic heterocycles. The second kappa shape index (κ2) is 15.8. The van der Waals surface area contributed by atoms with E-state index < -0.39 is 12.1 Å². The third-order valence-electron chi connectivity index (χ3n) is 5.67. The van der Waals surface area contributed by atoms with Gasteiger partial charge in [0.15, 0.2) is 0 Å². The van der Waals surface area contributed by atoms with Crippen LogP contribution in [0.3, 0.4) is 0 Å². The van der Waals surface area contributed by atoms with E-state index in [-0.39, 0.29) is 42.3 Å². The molecule has 1 heterocycles. The van der Waals surface area contributed by atoms with Crippen LogP contribution in [0.15, 0.2) is 24.3 Å². The molecule has 0 spiro atoms. The van der Waals surface area contributed by atoms with E-state index in [1.165, 1.54) is 4.90 Å². The van der Waals surface area contributed by atoms with Crippen LogP contribution < -0.4 is 16.0 Å². The number of aliphatic hydroxyl groups excluding tert-OH is 1. The number of aliphatic hydroxyl groups is 1. The lowest BCUT2D eigenvalue weighted by Gasteiger charge is -2.27. The Labute approximate surface area is 210 Å². The van der Waals surface area contributed by atoms with E-state index in [0.29, 0.717) is 18.5 Å². The number of amides is 3. The number of carbonyl (C=O) groups excluding carboxylic acids is 3. The predicted octanol–water partition coefficient (Wildman–Crippen LogP) is 2.11. The van der Waals surface area contributed by atoms with Crippen molar-refractivity contribution >= 4 is 18.2 Å². The summed E-state index contributed by atoms with van der Waals surface area (Å²) in [6.45, 7) is 14.8. The Morgan fingerprint density at radius 3 is 2.23 bits per heavy atom. The average molecular weight is 490 g/mol. The third kappa shape index (κ3) is 11.3. The van der Waals surface area contributed by atoms with Crippen LogP contribution in [0.4, 0.5) is 0 Å². The van der Waals surface area contributed by atoms with E-state index in [0.717, 1.165) is 5.56 Å². The van der Waals surface area contributed by atoms with Gasteiger partial charge in [-0.05, 0) is 44.0 Å². The first-order chi connectivity index (χ1) is 16.4. The number of benzene rings is 1. The van der Waals surface area contributed by atoms with Gasteiger partial charge in [-0.25, -0.2) is 0 Å². The molecule has 1 fully saturated rings. The molecule has 35 heavy (non-hydrogen) atoms. The van der Waals surface area contributed by atoms with Crippen molar-refractivity contribution in [1.82, 2.24) is 20.9 Å². The summed E-state index contributed by atoms with van der Waals surface area (Å²) in [5, 5.41) is 26.9. The molecule has 3 amide bonds. The van der Waals surface area contributed by atoms with Gasteiger partial charge in [0.05, 0.1) is 30.3 Å². The molecule has 1 aliphatic rings. The maximum atomic E-state index is 12.2. The highest BCUT2D eigenvalue weighted by atomic mass is 16.3. The minimum atomic E-state index is -0.656. The van der Waals surface area contributed by atoms with Crippen molar-refractivity contribution in [2.75, 3.05) is 20.1 Å². The summed E-state index contributed by atoms with van der Waals surface area (Å²) < 4.78 is 0. The molecule has 1 aromatic rings. The number of likely N-dealkylation sites (tertiary alicyclic amines) is 1. The fourth-order valence-electron chi connectivity index (χ4n) is 3.12. The van der Waals surface area contributed by atoms with Crippen LogP contribution >= 0.6 is 0 Å². The fourth-order valence-corrected chi connectivity index (χ4v) is 3.12. The zero-order valence-corrected chi connectivity index (χ0v) is 22.4. The molecule has 9 nitrogen and oxygen atoms in total. The summed E-state index contributed by atoms with van der Waals surface area (Å²) in [6, 6.07) is 8.32. The Morgan fingerprint density at radius 1 is 1.20 bits per heavy atom. The number of rotatable bonds is 7. The maximum Gasteiger partial charge on any atom is 0.243 e. The van der Waals surface area contributed by atoms with Crippen LogP contribution in [0.1, 0.15) is 72.1 Å². The second-order valence-corrected chi connectivity index (χ2v) is 9.36. The molecule has 0 radical (unpaired) electrons. The summed E-state index contributed by atoms with van der Waals surface area (Å²) in [5.41, 5.74) is 1.56. The summed E-state index contributed by atoms with van der Waals surface area (Å²) in [6.07, 6.45) is 0.188. The molecular formula is C26H43N5O4. The van der Waals surface area contributed by atoms with Crippen LogP contribution in [0.5, 0.6) is 0 Å². The predicted molar refractivity (Wildman–Crippen MR) is 137 cm³/mol. The third-order valence-corrected chi connectivity index (χ3v) is 5.67. The molecule has 4 unspecified atom stereocenters. The maximum absolute atomic E-state index is 12.2. The number of nitrogens with one attached hydrogen (secondary N) is 3. The van der Waals surface area contributed by atoms with E-state index in [4.69, 9.17) is 5.26 Å². The highest BCUT2D eigenvalue weighted by molar-refractivity contribution is 5.84. The highest BCUT2D eigenvalue weighted by Crippen LogP contribution is 2.19. The Balaban J connectivity index is 0.000000707. The quantitative estimate of drug-likeness (QED) is 0.433. The second-order valence-electron chi connectivity index (χ2n) is 9.36. The molecule has 9 heteroatoms. The molecule has 4 N–H and O–H groups in total. The topological polar surface area (TPSA) is 135 Å². The molecule has 1 aromatic carbocycles. The van der Waals surface area contributed by atoms with Gasteiger partial charge in [0.1, 0.15) is 6.04 Å². The Morgan fingerprint density at radius 2 is 1.77 bits per heavy atom. The lowest BCUT2D eigenvalue weighted by Crippen LogP contribution is -2.44. The van der Waals surface area contributed by atoms with Gasteiger partial charge in [-0.3, -0.25) is 14.4 Å². The van der Waals surface area contributed by atoms with E-state index >= 15 is 0 Å². The van der Waals surface area contributed by atoms with Gasteiger partial charge < -0.3 is 26.0 Å². The van der Waals surface area contributed by atoms with E-state index in [1.54, 1.807) is 31.3 Å². The zero-order valence-electron chi connectivity index (χ0n) is 22.4. The van der Waals surface area contributed by atoms with Crippen molar-refractivity contribution in [1.29, 1.82) is 5.26 Å². The van der Waals surface area contributed by atoms with Crippen LogP contribution in [0.2, 0.25) is 0 Å². The number of likely N-dealkylation sites (N-methyl/N-ethyl adjacent to an activating group) is 1. The number of nitriles is 1. The zero-order chi connectivity index (χ0) is 27.2. The lowest BCUT2D eigenvalue weighted by atomic mass is 9.88. The van der Waals surface area contributed by atoms with Gasteiger partial charge in [-0.1, -0.05) is 46.8 Å².